The van der Waals surface area contributed by atoms with Crippen molar-refractivity contribution in [2.24, 2.45) is 0 Å². The molecule has 0 aliphatic heterocycles. The molecular weight excluding hydrogens is 318 g/mol. The fourth-order valence-electron chi connectivity index (χ4n) is 1.83. The third-order valence-corrected chi connectivity index (χ3v) is 4.48. The lowest BCUT2D eigenvalue weighted by atomic mass is 10.1. The van der Waals surface area contributed by atoms with Crippen molar-refractivity contribution in [1.82, 2.24) is 5.32 Å². The lowest BCUT2D eigenvalue weighted by Gasteiger charge is -2.14. The molecule has 1 nitrogen and oxygen atoms in total. The van der Waals surface area contributed by atoms with Gasteiger partial charge in [-0.2, -0.15) is 0 Å². The highest BCUT2D eigenvalue weighted by Gasteiger charge is 2.03. The normalized spacial score (nSPS) is 12.3. The highest BCUT2D eigenvalue weighted by molar-refractivity contribution is 9.10. The third-order valence-electron chi connectivity index (χ3n) is 2.93. The van der Waals surface area contributed by atoms with Gasteiger partial charge in [0.25, 0.3) is 0 Å². The molecule has 2 aromatic rings. The van der Waals surface area contributed by atoms with Crippen LogP contribution in [0.2, 0.25) is 0 Å². The second-order valence-corrected chi connectivity index (χ2v) is 6.47. The van der Waals surface area contributed by atoms with E-state index in [1.807, 2.05) is 11.8 Å². The van der Waals surface area contributed by atoms with Crippen LogP contribution in [0.5, 0.6) is 0 Å². The molecule has 0 heterocycles. The summed E-state index contributed by atoms with van der Waals surface area (Å²) < 4.78 is 1.13. The van der Waals surface area contributed by atoms with E-state index in [-0.39, 0.29) is 0 Å². The Morgan fingerprint density at radius 1 is 1.05 bits per heavy atom. The molecule has 0 saturated heterocycles. The molecule has 2 rings (SSSR count). The maximum absolute atomic E-state index is 3.55. The van der Waals surface area contributed by atoms with E-state index in [0.29, 0.717) is 6.04 Å². The molecule has 0 bridgehead atoms. The van der Waals surface area contributed by atoms with E-state index in [4.69, 9.17) is 0 Å². The van der Waals surface area contributed by atoms with Gasteiger partial charge >= 0.3 is 0 Å². The first-order chi connectivity index (χ1) is 9.25. The topological polar surface area (TPSA) is 12.0 Å². The van der Waals surface area contributed by atoms with Crippen molar-refractivity contribution in [3.63, 3.8) is 0 Å². The van der Waals surface area contributed by atoms with Gasteiger partial charge in [-0.15, -0.1) is 11.8 Å². The van der Waals surface area contributed by atoms with Crippen molar-refractivity contribution < 1.29 is 0 Å². The van der Waals surface area contributed by atoms with Gasteiger partial charge in [0.15, 0.2) is 0 Å². The van der Waals surface area contributed by atoms with Crippen LogP contribution in [-0.2, 0) is 0 Å². The number of thioether (sulfide) groups is 1. The number of halogens is 1. The number of benzene rings is 2. The molecule has 3 heteroatoms. The molecule has 1 N–H and O–H groups in total. The first-order valence-corrected chi connectivity index (χ1v) is 8.20. The SMILES string of the molecule is C[C@@H](NCCSc1ccccc1)c1ccc(Br)cc1. The first-order valence-electron chi connectivity index (χ1n) is 6.42. The summed E-state index contributed by atoms with van der Waals surface area (Å²) in [7, 11) is 0. The van der Waals surface area contributed by atoms with Crippen LogP contribution in [-0.4, -0.2) is 12.3 Å². The van der Waals surface area contributed by atoms with Gasteiger partial charge in [-0.25, -0.2) is 0 Å². The van der Waals surface area contributed by atoms with Crippen LogP contribution >= 0.6 is 27.7 Å². The molecule has 0 aromatic heterocycles. The van der Waals surface area contributed by atoms with Crippen LogP contribution < -0.4 is 5.32 Å². The predicted octanol–water partition coefficient (Wildman–Crippen LogP) is 4.89. The monoisotopic (exact) mass is 335 g/mol. The van der Waals surface area contributed by atoms with Gasteiger partial charge in [-0.05, 0) is 36.8 Å². The van der Waals surface area contributed by atoms with Crippen LogP contribution in [0.4, 0.5) is 0 Å². The molecule has 0 fully saturated rings. The Bertz CT molecular complexity index is 484. The number of hydrogen-bond acceptors (Lipinski definition) is 2. The molecular formula is C16H18BrNS. The molecule has 0 aliphatic carbocycles. The average Bonchev–Trinajstić information content (AvgIpc) is 2.45. The fraction of sp³-hybridized carbons (Fsp3) is 0.250. The molecule has 0 aliphatic rings. The maximum Gasteiger partial charge on any atom is 0.0292 e. The van der Waals surface area contributed by atoms with Gasteiger partial charge in [-0.1, -0.05) is 46.3 Å². The summed E-state index contributed by atoms with van der Waals surface area (Å²) in [6.45, 7) is 3.22. The van der Waals surface area contributed by atoms with E-state index in [2.05, 4.69) is 82.8 Å². The van der Waals surface area contributed by atoms with Crippen molar-refractivity contribution in [2.75, 3.05) is 12.3 Å². The first kappa shape index (κ1) is 14.6. The highest BCUT2D eigenvalue weighted by atomic mass is 79.9. The Balaban J connectivity index is 1.72. The van der Waals surface area contributed by atoms with Gasteiger partial charge in [0.2, 0.25) is 0 Å². The van der Waals surface area contributed by atoms with E-state index in [9.17, 15) is 0 Å². The summed E-state index contributed by atoms with van der Waals surface area (Å²) >= 11 is 5.35. The predicted molar refractivity (Wildman–Crippen MR) is 87.7 cm³/mol. The molecule has 0 amide bonds. The molecule has 2 aromatic carbocycles. The summed E-state index contributed by atoms with van der Waals surface area (Å²) in [6, 6.07) is 19.4. The summed E-state index contributed by atoms with van der Waals surface area (Å²) in [5.41, 5.74) is 1.33. The summed E-state index contributed by atoms with van der Waals surface area (Å²) in [6.07, 6.45) is 0. The fourth-order valence-corrected chi connectivity index (χ4v) is 2.90. The van der Waals surface area contributed by atoms with Gasteiger partial charge < -0.3 is 5.32 Å². The van der Waals surface area contributed by atoms with Crippen molar-refractivity contribution >= 4 is 27.7 Å². The van der Waals surface area contributed by atoms with Crippen molar-refractivity contribution in [1.29, 1.82) is 0 Å². The molecule has 1 atom stereocenters. The minimum Gasteiger partial charge on any atom is -0.309 e. The van der Waals surface area contributed by atoms with Crippen LogP contribution in [0.3, 0.4) is 0 Å². The van der Waals surface area contributed by atoms with Crippen molar-refractivity contribution in [2.45, 2.75) is 17.9 Å². The Morgan fingerprint density at radius 2 is 1.74 bits per heavy atom. The Morgan fingerprint density at radius 3 is 2.42 bits per heavy atom. The van der Waals surface area contributed by atoms with E-state index in [0.717, 1.165) is 16.8 Å². The quantitative estimate of drug-likeness (QED) is 0.595. The van der Waals surface area contributed by atoms with Gasteiger partial charge in [0.1, 0.15) is 0 Å². The molecule has 0 unspecified atom stereocenters. The standard InChI is InChI=1S/C16H18BrNS/c1-13(14-7-9-15(17)10-8-14)18-11-12-19-16-5-3-2-4-6-16/h2-10,13,18H,11-12H2,1H3/t13-/m1/s1. The molecule has 0 radical (unpaired) electrons. The zero-order valence-electron chi connectivity index (χ0n) is 11.0. The molecule has 19 heavy (non-hydrogen) atoms. The Hall–Kier alpha value is -0.770. The smallest absolute Gasteiger partial charge is 0.0292 e. The Kier molecular flexibility index (Phi) is 5.95. The zero-order valence-corrected chi connectivity index (χ0v) is 13.4. The minimum absolute atomic E-state index is 0.393. The number of rotatable bonds is 6. The van der Waals surface area contributed by atoms with Crippen molar-refractivity contribution in [3.05, 3.63) is 64.6 Å². The van der Waals surface area contributed by atoms with Crippen LogP contribution in [0.15, 0.2) is 64.0 Å². The number of nitrogens with one attached hydrogen (secondary N) is 1. The van der Waals surface area contributed by atoms with E-state index >= 15 is 0 Å². The van der Waals surface area contributed by atoms with E-state index < -0.39 is 0 Å². The summed E-state index contributed by atoms with van der Waals surface area (Å²) in [4.78, 5) is 1.33. The average molecular weight is 336 g/mol. The van der Waals surface area contributed by atoms with Crippen LogP contribution in [0.25, 0.3) is 0 Å². The lowest BCUT2D eigenvalue weighted by molar-refractivity contribution is 0.601. The lowest BCUT2D eigenvalue weighted by Crippen LogP contribution is -2.21. The zero-order chi connectivity index (χ0) is 13.5. The largest absolute Gasteiger partial charge is 0.309 e. The van der Waals surface area contributed by atoms with E-state index in [1.54, 1.807) is 0 Å². The minimum atomic E-state index is 0.393. The highest BCUT2D eigenvalue weighted by Crippen LogP contribution is 2.18. The molecule has 0 saturated carbocycles. The second-order valence-electron chi connectivity index (χ2n) is 4.39. The Labute approximate surface area is 127 Å². The van der Waals surface area contributed by atoms with Crippen molar-refractivity contribution in [3.8, 4) is 0 Å². The molecule has 100 valence electrons. The van der Waals surface area contributed by atoms with Gasteiger partial charge in [-0.3, -0.25) is 0 Å². The maximum atomic E-state index is 3.55. The number of hydrogen-bond donors (Lipinski definition) is 1. The van der Waals surface area contributed by atoms with E-state index in [1.165, 1.54) is 10.5 Å². The van der Waals surface area contributed by atoms with Crippen LogP contribution in [0.1, 0.15) is 18.5 Å². The van der Waals surface area contributed by atoms with Gasteiger partial charge in [0, 0.05) is 27.7 Å². The summed E-state index contributed by atoms with van der Waals surface area (Å²) in [5, 5.41) is 3.55. The molecule has 0 spiro atoms. The van der Waals surface area contributed by atoms with Crippen LogP contribution in [0, 0.1) is 0 Å². The summed E-state index contributed by atoms with van der Waals surface area (Å²) in [5.74, 6) is 1.09. The third kappa shape index (κ3) is 5.01. The van der Waals surface area contributed by atoms with Gasteiger partial charge in [0.05, 0.1) is 0 Å². The second kappa shape index (κ2) is 7.73.